The van der Waals surface area contributed by atoms with Gasteiger partial charge in [0, 0.05) is 55.3 Å². The normalized spacial score (nSPS) is 11.6. The van der Waals surface area contributed by atoms with E-state index in [1.54, 1.807) is 44.2 Å². The lowest BCUT2D eigenvalue weighted by molar-refractivity contribution is 0.112. The largest absolute Gasteiger partial charge is 0.507 e. The fraction of sp³-hybridized carbons (Fsp3) is 0.229. The molecular weight excluding hydrogens is 564 g/mol. The van der Waals surface area contributed by atoms with E-state index in [1.807, 2.05) is 13.8 Å². The molecule has 0 atom stereocenters. The van der Waals surface area contributed by atoms with Gasteiger partial charge in [0.05, 0.1) is 5.56 Å². The molecule has 0 saturated carbocycles. The number of fused-ring (bicyclic) bond motifs is 2. The van der Waals surface area contributed by atoms with E-state index in [1.165, 1.54) is 19.9 Å². The second-order valence-corrected chi connectivity index (χ2v) is 11.5. The number of aromatic hydroxyl groups is 3. The summed E-state index contributed by atoms with van der Waals surface area (Å²) in [4.78, 5) is 65.8. The SMILES string of the molecule is Cc1c(-c2c(C)c(=O)c3c(C(C)C)c(=O)c(=O)c(C=O)c-3c2=O)c(O)c2cc(O)c(Oc3ccccc3)c(C(C)C)c2c1O. The summed E-state index contributed by atoms with van der Waals surface area (Å²) >= 11 is 0. The Morgan fingerprint density at radius 1 is 0.682 bits per heavy atom. The number of phenols is 3. The molecule has 3 aromatic rings. The minimum Gasteiger partial charge on any atom is -0.507 e. The molecule has 9 heteroatoms. The Bertz CT molecular complexity index is 2190. The van der Waals surface area contributed by atoms with Gasteiger partial charge >= 0.3 is 0 Å². The molecule has 5 rings (SSSR count). The maximum atomic E-state index is 14.2. The maximum Gasteiger partial charge on any atom is 0.237 e. The van der Waals surface area contributed by atoms with Gasteiger partial charge in [-0.05, 0) is 43.9 Å². The first-order valence-corrected chi connectivity index (χ1v) is 14.0. The third kappa shape index (κ3) is 4.26. The van der Waals surface area contributed by atoms with Crippen molar-refractivity contribution in [3.8, 4) is 51.0 Å². The van der Waals surface area contributed by atoms with Gasteiger partial charge in [-0.1, -0.05) is 45.9 Å². The Kier molecular flexibility index (Phi) is 7.37. The summed E-state index contributed by atoms with van der Waals surface area (Å²) < 4.78 is 6.02. The molecule has 0 unspecified atom stereocenters. The van der Waals surface area contributed by atoms with Gasteiger partial charge in [0.1, 0.15) is 17.2 Å². The molecule has 0 aromatic heterocycles. The zero-order chi connectivity index (χ0) is 32.4. The first-order chi connectivity index (χ1) is 20.7. The molecule has 0 heterocycles. The van der Waals surface area contributed by atoms with Crippen LogP contribution in [0.2, 0.25) is 0 Å². The Labute approximate surface area is 251 Å². The van der Waals surface area contributed by atoms with E-state index in [-0.39, 0.29) is 73.6 Å². The lowest BCUT2D eigenvalue weighted by Gasteiger charge is -2.23. The number of carbonyl (C=O) groups excluding carboxylic acids is 1. The molecule has 0 radical (unpaired) electrons. The minimum atomic E-state index is -1.19. The predicted octanol–water partition coefficient (Wildman–Crippen LogP) is 5.51. The van der Waals surface area contributed by atoms with Crippen molar-refractivity contribution in [2.75, 3.05) is 0 Å². The van der Waals surface area contributed by atoms with E-state index >= 15 is 0 Å². The van der Waals surface area contributed by atoms with Crippen molar-refractivity contribution in [2.45, 2.75) is 53.4 Å². The molecule has 0 amide bonds. The molecule has 0 bridgehead atoms. The Morgan fingerprint density at radius 2 is 1.30 bits per heavy atom. The van der Waals surface area contributed by atoms with Crippen LogP contribution in [0.5, 0.6) is 28.7 Å². The number of para-hydroxylation sites is 1. The number of rotatable bonds is 6. The van der Waals surface area contributed by atoms with Gasteiger partial charge in [-0.3, -0.25) is 24.0 Å². The summed E-state index contributed by atoms with van der Waals surface area (Å²) in [5.41, 5.74) is -5.86. The average molecular weight is 595 g/mol. The van der Waals surface area contributed by atoms with Crippen molar-refractivity contribution >= 4 is 17.1 Å². The molecular formula is C35H30O9. The average Bonchev–Trinajstić information content (AvgIpc) is 2.98. The summed E-state index contributed by atoms with van der Waals surface area (Å²) in [5, 5.41) is 34.6. The zero-order valence-electron chi connectivity index (χ0n) is 25.0. The molecule has 9 nitrogen and oxygen atoms in total. The van der Waals surface area contributed by atoms with Crippen molar-refractivity contribution in [2.24, 2.45) is 0 Å². The van der Waals surface area contributed by atoms with Gasteiger partial charge in [0.15, 0.2) is 28.6 Å². The van der Waals surface area contributed by atoms with Gasteiger partial charge < -0.3 is 20.1 Å². The van der Waals surface area contributed by atoms with Crippen LogP contribution in [-0.4, -0.2) is 21.6 Å². The van der Waals surface area contributed by atoms with Crippen LogP contribution in [0.4, 0.5) is 0 Å². The Morgan fingerprint density at radius 3 is 1.86 bits per heavy atom. The first-order valence-electron chi connectivity index (χ1n) is 14.0. The number of benzene rings is 5. The summed E-state index contributed by atoms with van der Waals surface area (Å²) in [6.07, 6.45) is 0.0852. The summed E-state index contributed by atoms with van der Waals surface area (Å²) in [6.45, 7) is 9.61. The molecule has 0 fully saturated rings. The number of phenolic OH excluding ortho intramolecular Hbond substituents is 3. The van der Waals surface area contributed by atoms with E-state index in [2.05, 4.69) is 0 Å². The van der Waals surface area contributed by atoms with Crippen LogP contribution in [0.1, 0.15) is 72.1 Å². The molecule has 0 spiro atoms. The monoisotopic (exact) mass is 594 g/mol. The third-order valence-electron chi connectivity index (χ3n) is 8.12. The molecule has 3 N–H and O–H groups in total. The number of hydrogen-bond donors (Lipinski definition) is 3. The van der Waals surface area contributed by atoms with Crippen molar-refractivity contribution in [3.05, 3.63) is 105 Å². The highest BCUT2D eigenvalue weighted by Gasteiger charge is 2.33. The number of ether oxygens (including phenoxy) is 1. The van der Waals surface area contributed by atoms with Gasteiger partial charge in [-0.25, -0.2) is 0 Å². The lowest BCUT2D eigenvalue weighted by Crippen LogP contribution is -2.38. The van der Waals surface area contributed by atoms with Gasteiger partial charge in [0.2, 0.25) is 10.9 Å². The van der Waals surface area contributed by atoms with E-state index in [0.29, 0.717) is 11.3 Å². The molecule has 2 aliphatic rings. The van der Waals surface area contributed by atoms with Crippen LogP contribution in [-0.2, 0) is 0 Å². The van der Waals surface area contributed by atoms with E-state index < -0.39 is 44.5 Å². The topological polar surface area (TPSA) is 155 Å². The highest BCUT2D eigenvalue weighted by molar-refractivity contribution is 6.06. The van der Waals surface area contributed by atoms with Crippen LogP contribution in [0.15, 0.2) is 55.6 Å². The summed E-state index contributed by atoms with van der Waals surface area (Å²) in [5.74, 6) is -1.64. The molecule has 0 aliphatic heterocycles. The van der Waals surface area contributed by atoms with Gasteiger partial charge in [-0.2, -0.15) is 0 Å². The predicted molar refractivity (Wildman–Crippen MR) is 168 cm³/mol. The fourth-order valence-corrected chi connectivity index (χ4v) is 6.07. The Hall–Kier alpha value is -5.31. The third-order valence-corrected chi connectivity index (χ3v) is 8.12. The smallest absolute Gasteiger partial charge is 0.237 e. The molecule has 224 valence electrons. The highest BCUT2D eigenvalue weighted by atomic mass is 16.5. The first kappa shape index (κ1) is 30.2. The van der Waals surface area contributed by atoms with E-state index in [4.69, 9.17) is 4.74 Å². The molecule has 44 heavy (non-hydrogen) atoms. The van der Waals surface area contributed by atoms with Crippen LogP contribution in [0, 0.1) is 13.8 Å². The van der Waals surface area contributed by atoms with Crippen LogP contribution in [0.25, 0.3) is 33.0 Å². The number of hydrogen-bond acceptors (Lipinski definition) is 9. The second kappa shape index (κ2) is 10.8. The van der Waals surface area contributed by atoms with Gasteiger partial charge in [0.25, 0.3) is 0 Å². The number of carbonyl (C=O) groups is 1. The molecule has 3 aromatic carbocycles. The molecule has 0 saturated heterocycles. The highest BCUT2D eigenvalue weighted by Crippen LogP contribution is 2.52. The minimum absolute atomic E-state index is 0.0195. The standard InChI is InChI=1S/C35H30O9/c1-14(2)22-28-27(20(13-36)32(41)34(22)43)33(42)25(17(6)30(28)39)24-16(5)29(38)26-19(31(24)40)12-21(37)35(23(26)15(3)4)44-18-10-8-7-9-11-18/h7-15,37-38,40H,1-6H3. The quantitative estimate of drug-likeness (QED) is 0.131. The maximum absolute atomic E-state index is 14.2. The Balaban J connectivity index is 1.96. The van der Waals surface area contributed by atoms with Crippen LogP contribution < -0.4 is 26.5 Å². The summed E-state index contributed by atoms with van der Waals surface area (Å²) in [7, 11) is 0. The second-order valence-electron chi connectivity index (χ2n) is 11.5. The fourth-order valence-electron chi connectivity index (χ4n) is 6.07. The lowest BCUT2D eigenvalue weighted by atomic mass is 9.81. The number of aldehydes is 1. The van der Waals surface area contributed by atoms with Crippen LogP contribution in [0.3, 0.4) is 0 Å². The zero-order valence-corrected chi connectivity index (χ0v) is 25.0. The van der Waals surface area contributed by atoms with E-state index in [9.17, 15) is 39.3 Å². The van der Waals surface area contributed by atoms with Gasteiger partial charge in [-0.15, -0.1) is 0 Å². The van der Waals surface area contributed by atoms with Crippen molar-refractivity contribution in [1.29, 1.82) is 0 Å². The van der Waals surface area contributed by atoms with Crippen LogP contribution >= 0.6 is 0 Å². The van der Waals surface area contributed by atoms with E-state index in [0.717, 1.165) is 0 Å². The van der Waals surface area contributed by atoms with Crippen molar-refractivity contribution in [3.63, 3.8) is 0 Å². The summed E-state index contributed by atoms with van der Waals surface area (Å²) in [6, 6.07) is 9.90. The molecule has 2 aliphatic carbocycles. The van der Waals surface area contributed by atoms with Crippen molar-refractivity contribution in [1.82, 2.24) is 0 Å². The van der Waals surface area contributed by atoms with Crippen molar-refractivity contribution < 1.29 is 24.9 Å².